The second-order valence-corrected chi connectivity index (χ2v) is 11.8. The van der Waals surface area contributed by atoms with Crippen molar-refractivity contribution in [2.24, 2.45) is 5.73 Å². The van der Waals surface area contributed by atoms with Crippen LogP contribution in [0.15, 0.2) is 36.4 Å². The van der Waals surface area contributed by atoms with Crippen molar-refractivity contribution >= 4 is 23.5 Å². The summed E-state index contributed by atoms with van der Waals surface area (Å²) in [5, 5.41) is 12.2. The standard InChI is InChI=1S/C31H40F3N3O7/c1-19(14-20-15-21-11-13-37(12-7-10-26(38)39)27(21)22(16-20)28(35)40)36-17-25(29(41)44-30(2,3)4)43-24-9-6-5-8-23(24)42-18-31(32,33)34/h5-6,8-9,15-16,19,25,36H,7,10-14,17-18H2,1-4H3,(H2,35,40)(H,38,39). The number of carbonyl (C=O) groups excluding carboxylic acids is 2. The van der Waals surface area contributed by atoms with Gasteiger partial charge in [0, 0.05) is 32.1 Å². The van der Waals surface area contributed by atoms with Crippen molar-refractivity contribution < 1.29 is 46.9 Å². The minimum absolute atomic E-state index is 0.0270. The van der Waals surface area contributed by atoms with E-state index in [9.17, 15) is 27.6 Å². The van der Waals surface area contributed by atoms with Crippen LogP contribution < -0.4 is 25.4 Å². The summed E-state index contributed by atoms with van der Waals surface area (Å²) in [7, 11) is 0. The largest absolute Gasteiger partial charge is 0.481 e. The van der Waals surface area contributed by atoms with Crippen LogP contribution in [0.3, 0.4) is 0 Å². The number of nitrogens with two attached hydrogens (primary N) is 1. The van der Waals surface area contributed by atoms with Crippen molar-refractivity contribution in [3.8, 4) is 11.5 Å². The first-order chi connectivity index (χ1) is 20.5. The summed E-state index contributed by atoms with van der Waals surface area (Å²) in [5.41, 5.74) is 7.77. The van der Waals surface area contributed by atoms with Crippen molar-refractivity contribution in [2.75, 3.05) is 31.1 Å². The SMILES string of the molecule is CC(Cc1cc2c(c(C(N)=O)c1)N(CCCC(=O)O)CC2)NCC(Oc1ccccc1OCC(F)(F)F)C(=O)OC(C)(C)C. The molecule has 2 atom stereocenters. The molecule has 0 saturated carbocycles. The molecule has 0 aromatic heterocycles. The molecule has 2 aromatic carbocycles. The smallest absolute Gasteiger partial charge is 0.422 e. The summed E-state index contributed by atoms with van der Waals surface area (Å²) in [6.45, 7) is 6.54. The number of hydrogen-bond acceptors (Lipinski definition) is 8. The van der Waals surface area contributed by atoms with Crippen LogP contribution in [-0.2, 0) is 27.2 Å². The highest BCUT2D eigenvalue weighted by Crippen LogP contribution is 2.34. The number of aliphatic carboxylic acids is 1. The summed E-state index contributed by atoms with van der Waals surface area (Å²) in [4.78, 5) is 38.3. The van der Waals surface area contributed by atoms with Crippen LogP contribution in [0.2, 0.25) is 0 Å². The lowest BCUT2D eigenvalue weighted by atomic mass is 9.98. The van der Waals surface area contributed by atoms with E-state index in [0.717, 1.165) is 16.8 Å². The molecular formula is C31H40F3N3O7. The van der Waals surface area contributed by atoms with Crippen molar-refractivity contribution in [1.82, 2.24) is 5.32 Å². The maximum Gasteiger partial charge on any atom is 0.422 e. The van der Waals surface area contributed by atoms with Crippen molar-refractivity contribution in [3.63, 3.8) is 0 Å². The number of primary amides is 1. The Kier molecular flexibility index (Phi) is 11.5. The Hall–Kier alpha value is -4.00. The topological polar surface area (TPSA) is 140 Å². The normalized spacial score (nSPS) is 14.5. The molecule has 2 aromatic rings. The number of carboxylic acid groups (broad SMARTS) is 1. The number of amides is 1. The van der Waals surface area contributed by atoms with Gasteiger partial charge in [-0.15, -0.1) is 0 Å². The van der Waals surface area contributed by atoms with Gasteiger partial charge in [-0.2, -0.15) is 13.2 Å². The molecule has 242 valence electrons. The Morgan fingerprint density at radius 1 is 1.11 bits per heavy atom. The molecule has 0 spiro atoms. The number of alkyl halides is 3. The molecular weight excluding hydrogens is 583 g/mol. The molecule has 10 nitrogen and oxygen atoms in total. The number of carboxylic acids is 1. The van der Waals surface area contributed by atoms with Gasteiger partial charge in [-0.05, 0) is 76.3 Å². The highest BCUT2D eigenvalue weighted by molar-refractivity contribution is 6.00. The predicted molar refractivity (Wildman–Crippen MR) is 157 cm³/mol. The minimum Gasteiger partial charge on any atom is -0.481 e. The zero-order valence-corrected chi connectivity index (χ0v) is 25.3. The molecule has 2 unspecified atom stereocenters. The highest BCUT2D eigenvalue weighted by Gasteiger charge is 2.31. The van der Waals surface area contributed by atoms with Gasteiger partial charge in [0.05, 0.1) is 11.3 Å². The molecule has 1 amide bonds. The number of benzene rings is 2. The third-order valence-electron chi connectivity index (χ3n) is 6.67. The summed E-state index contributed by atoms with van der Waals surface area (Å²) in [5.74, 6) is -2.38. The Balaban J connectivity index is 1.73. The van der Waals surface area contributed by atoms with Gasteiger partial charge in [-0.1, -0.05) is 18.2 Å². The van der Waals surface area contributed by atoms with E-state index in [1.807, 2.05) is 17.9 Å². The van der Waals surface area contributed by atoms with Crippen molar-refractivity contribution in [1.29, 1.82) is 0 Å². The fourth-order valence-corrected chi connectivity index (χ4v) is 4.90. The van der Waals surface area contributed by atoms with Crippen LogP contribution in [0.25, 0.3) is 0 Å². The molecule has 13 heteroatoms. The number of para-hydroxylation sites is 2. The lowest BCUT2D eigenvalue weighted by Gasteiger charge is -2.26. The second-order valence-electron chi connectivity index (χ2n) is 11.8. The van der Waals surface area contributed by atoms with E-state index in [4.69, 9.17) is 25.1 Å². The molecule has 1 aliphatic rings. The molecule has 3 rings (SSSR count). The molecule has 4 N–H and O–H groups in total. The maximum absolute atomic E-state index is 13.1. The van der Waals surface area contributed by atoms with E-state index in [2.05, 4.69) is 5.32 Å². The number of rotatable bonds is 15. The van der Waals surface area contributed by atoms with Crippen LogP contribution in [0, 0.1) is 0 Å². The predicted octanol–water partition coefficient (Wildman–Crippen LogP) is 4.26. The minimum atomic E-state index is -4.56. The Morgan fingerprint density at radius 3 is 2.41 bits per heavy atom. The van der Waals surface area contributed by atoms with Gasteiger partial charge >= 0.3 is 18.1 Å². The van der Waals surface area contributed by atoms with E-state index in [1.165, 1.54) is 18.2 Å². The van der Waals surface area contributed by atoms with Gasteiger partial charge in [-0.25, -0.2) is 4.79 Å². The number of anilines is 1. The monoisotopic (exact) mass is 623 g/mol. The third kappa shape index (κ3) is 10.6. The average molecular weight is 624 g/mol. The number of esters is 1. The first-order valence-electron chi connectivity index (χ1n) is 14.4. The van der Waals surface area contributed by atoms with Gasteiger partial charge < -0.3 is 35.3 Å². The Labute approximate surface area is 254 Å². The Morgan fingerprint density at radius 2 is 1.80 bits per heavy atom. The number of hydrogen-bond donors (Lipinski definition) is 3. The van der Waals surface area contributed by atoms with Crippen molar-refractivity contribution in [3.05, 3.63) is 53.1 Å². The van der Waals surface area contributed by atoms with Gasteiger partial charge in [0.25, 0.3) is 5.91 Å². The fourth-order valence-electron chi connectivity index (χ4n) is 4.90. The first-order valence-corrected chi connectivity index (χ1v) is 14.4. The van der Waals surface area contributed by atoms with Crippen LogP contribution in [0.4, 0.5) is 18.9 Å². The number of ether oxygens (including phenoxy) is 3. The summed E-state index contributed by atoms with van der Waals surface area (Å²) in [6.07, 6.45) is -4.16. The molecule has 0 fully saturated rings. The molecule has 0 saturated heterocycles. The lowest BCUT2D eigenvalue weighted by molar-refractivity contribution is -0.164. The number of nitrogens with one attached hydrogen (secondary N) is 1. The quantitative estimate of drug-likeness (QED) is 0.248. The number of fused-ring (bicyclic) bond motifs is 1. The molecule has 0 bridgehead atoms. The second kappa shape index (κ2) is 14.7. The van der Waals surface area contributed by atoms with E-state index in [-0.39, 0.29) is 30.5 Å². The number of halogens is 3. The lowest BCUT2D eigenvalue weighted by Crippen LogP contribution is -2.44. The third-order valence-corrected chi connectivity index (χ3v) is 6.67. The number of nitrogens with zero attached hydrogens (tertiary/aromatic N) is 1. The molecule has 1 heterocycles. The molecule has 0 aliphatic carbocycles. The highest BCUT2D eigenvalue weighted by atomic mass is 19.4. The summed E-state index contributed by atoms with van der Waals surface area (Å²) >= 11 is 0. The van der Waals surface area contributed by atoms with Gasteiger partial charge in [0.2, 0.25) is 6.10 Å². The van der Waals surface area contributed by atoms with Crippen LogP contribution in [0.1, 0.15) is 62.0 Å². The Bertz CT molecular complexity index is 1330. The van der Waals surface area contributed by atoms with E-state index in [0.29, 0.717) is 37.9 Å². The molecule has 1 aliphatic heterocycles. The van der Waals surface area contributed by atoms with Crippen LogP contribution in [-0.4, -0.2) is 73.1 Å². The van der Waals surface area contributed by atoms with Gasteiger partial charge in [0.1, 0.15) is 5.60 Å². The van der Waals surface area contributed by atoms with Crippen molar-refractivity contribution in [2.45, 2.75) is 77.3 Å². The number of carbonyl (C=O) groups is 3. The average Bonchev–Trinajstić information content (AvgIpc) is 3.30. The van der Waals surface area contributed by atoms with E-state index < -0.39 is 42.3 Å². The first kappa shape index (κ1) is 34.5. The molecule has 44 heavy (non-hydrogen) atoms. The van der Waals surface area contributed by atoms with Crippen LogP contribution >= 0.6 is 0 Å². The zero-order chi connectivity index (χ0) is 32.7. The summed E-state index contributed by atoms with van der Waals surface area (Å²) in [6, 6.07) is 9.27. The van der Waals surface area contributed by atoms with E-state index >= 15 is 0 Å². The van der Waals surface area contributed by atoms with Gasteiger partial charge in [0.15, 0.2) is 18.1 Å². The fraction of sp³-hybridized carbons (Fsp3) is 0.516. The maximum atomic E-state index is 13.1. The van der Waals surface area contributed by atoms with E-state index in [1.54, 1.807) is 32.9 Å². The summed E-state index contributed by atoms with van der Waals surface area (Å²) < 4.78 is 54.6. The van der Waals surface area contributed by atoms with Gasteiger partial charge in [-0.3, -0.25) is 9.59 Å². The zero-order valence-electron chi connectivity index (χ0n) is 25.3. The molecule has 0 radical (unpaired) electrons. The van der Waals surface area contributed by atoms with Crippen LogP contribution in [0.5, 0.6) is 11.5 Å².